The number of anilines is 1. The van der Waals surface area contributed by atoms with Crippen LogP contribution in [0.15, 0.2) is 17.0 Å². The highest BCUT2D eigenvalue weighted by atomic mass is 35.5. The summed E-state index contributed by atoms with van der Waals surface area (Å²) in [7, 11) is -4.43. The van der Waals surface area contributed by atoms with Gasteiger partial charge in [-0.1, -0.05) is 0 Å². The van der Waals surface area contributed by atoms with Gasteiger partial charge >= 0.3 is 0 Å². The summed E-state index contributed by atoms with van der Waals surface area (Å²) >= 11 is 0. The van der Waals surface area contributed by atoms with Crippen LogP contribution in [0.5, 0.6) is 0 Å². The van der Waals surface area contributed by atoms with Crippen molar-refractivity contribution in [3.8, 4) is 0 Å². The van der Waals surface area contributed by atoms with E-state index in [0.717, 1.165) is 19.1 Å². The SMILES string of the molecule is CC(=O)Nc1cc(S(=O)(=O)O)c(C)cc1F.Cl. The highest BCUT2D eigenvalue weighted by Gasteiger charge is 2.17. The Morgan fingerprint density at radius 3 is 2.35 bits per heavy atom. The lowest BCUT2D eigenvalue weighted by atomic mass is 10.2. The van der Waals surface area contributed by atoms with E-state index >= 15 is 0 Å². The lowest BCUT2D eigenvalue weighted by Gasteiger charge is -2.08. The molecule has 0 fully saturated rings. The number of amides is 1. The average Bonchev–Trinajstić information content (AvgIpc) is 2.06. The minimum atomic E-state index is -4.43. The number of hydrogen-bond acceptors (Lipinski definition) is 3. The Bertz CT molecular complexity index is 544. The summed E-state index contributed by atoms with van der Waals surface area (Å²) < 4.78 is 44.0. The fourth-order valence-electron chi connectivity index (χ4n) is 1.22. The van der Waals surface area contributed by atoms with E-state index in [1.165, 1.54) is 6.92 Å². The van der Waals surface area contributed by atoms with Gasteiger partial charge in [0.2, 0.25) is 5.91 Å². The molecule has 0 aliphatic heterocycles. The van der Waals surface area contributed by atoms with Gasteiger partial charge in [-0.05, 0) is 24.6 Å². The van der Waals surface area contributed by atoms with Crippen molar-refractivity contribution < 1.29 is 22.2 Å². The van der Waals surface area contributed by atoms with Gasteiger partial charge in [-0.3, -0.25) is 9.35 Å². The molecule has 0 atom stereocenters. The van der Waals surface area contributed by atoms with Crippen LogP contribution in [0.25, 0.3) is 0 Å². The molecule has 0 aliphatic carbocycles. The van der Waals surface area contributed by atoms with Gasteiger partial charge in [0.05, 0.1) is 10.6 Å². The van der Waals surface area contributed by atoms with Crippen LogP contribution >= 0.6 is 12.4 Å². The van der Waals surface area contributed by atoms with Gasteiger partial charge in [-0.2, -0.15) is 8.42 Å². The van der Waals surface area contributed by atoms with E-state index in [0.29, 0.717) is 0 Å². The predicted octanol–water partition coefficient (Wildman–Crippen LogP) is 1.76. The molecule has 0 aliphatic rings. The van der Waals surface area contributed by atoms with Gasteiger partial charge in [0.15, 0.2) is 0 Å². The smallest absolute Gasteiger partial charge is 0.294 e. The number of aryl methyl sites for hydroxylation is 1. The fourth-order valence-corrected chi connectivity index (χ4v) is 1.95. The van der Waals surface area contributed by atoms with Gasteiger partial charge in [-0.15, -0.1) is 12.4 Å². The third-order valence-electron chi connectivity index (χ3n) is 1.85. The molecule has 17 heavy (non-hydrogen) atoms. The summed E-state index contributed by atoms with van der Waals surface area (Å²) in [6, 6.07) is 1.80. The van der Waals surface area contributed by atoms with E-state index in [9.17, 15) is 17.6 Å². The van der Waals surface area contributed by atoms with Gasteiger partial charge in [0.1, 0.15) is 5.82 Å². The normalized spacial score (nSPS) is 10.6. The molecule has 1 amide bonds. The van der Waals surface area contributed by atoms with Crippen molar-refractivity contribution in [1.29, 1.82) is 0 Å². The molecular weight excluding hydrogens is 273 g/mol. The topological polar surface area (TPSA) is 83.5 Å². The van der Waals surface area contributed by atoms with Gasteiger partial charge in [0.25, 0.3) is 10.1 Å². The molecule has 1 aromatic carbocycles. The van der Waals surface area contributed by atoms with Crippen LogP contribution in [0.4, 0.5) is 10.1 Å². The van der Waals surface area contributed by atoms with Crippen molar-refractivity contribution in [2.24, 2.45) is 0 Å². The van der Waals surface area contributed by atoms with E-state index in [1.807, 2.05) is 0 Å². The second kappa shape index (κ2) is 5.44. The largest absolute Gasteiger partial charge is 0.324 e. The van der Waals surface area contributed by atoms with Crippen molar-refractivity contribution in [1.82, 2.24) is 0 Å². The molecule has 96 valence electrons. The molecule has 2 N–H and O–H groups in total. The zero-order valence-electron chi connectivity index (χ0n) is 9.02. The summed E-state index contributed by atoms with van der Waals surface area (Å²) in [5.41, 5.74) is -0.222. The second-order valence-corrected chi connectivity index (χ2v) is 4.64. The van der Waals surface area contributed by atoms with Crippen molar-refractivity contribution >= 4 is 34.1 Å². The Kier molecular flexibility index (Phi) is 5.06. The summed E-state index contributed by atoms with van der Waals surface area (Å²) in [6.45, 7) is 2.50. The van der Waals surface area contributed by atoms with Gasteiger partial charge in [-0.25, -0.2) is 4.39 Å². The molecule has 0 bridgehead atoms. The van der Waals surface area contributed by atoms with Crippen LogP contribution in [0.3, 0.4) is 0 Å². The van der Waals surface area contributed by atoms with E-state index in [-0.39, 0.29) is 23.7 Å². The third-order valence-corrected chi connectivity index (χ3v) is 2.85. The van der Waals surface area contributed by atoms with Gasteiger partial charge in [0, 0.05) is 6.92 Å². The van der Waals surface area contributed by atoms with Crippen molar-refractivity contribution in [3.05, 3.63) is 23.5 Å². The quantitative estimate of drug-likeness (QED) is 0.810. The second-order valence-electron chi connectivity index (χ2n) is 3.25. The first kappa shape index (κ1) is 15.8. The number of rotatable bonds is 2. The molecule has 0 saturated carbocycles. The first-order chi connectivity index (χ1) is 7.21. The van der Waals surface area contributed by atoms with E-state index in [2.05, 4.69) is 5.32 Å². The number of hydrogen-bond donors (Lipinski definition) is 2. The number of halogens is 2. The summed E-state index contributed by atoms with van der Waals surface area (Å²) in [5.74, 6) is -1.30. The molecule has 5 nitrogen and oxygen atoms in total. The molecule has 0 radical (unpaired) electrons. The zero-order valence-corrected chi connectivity index (χ0v) is 10.7. The first-order valence-electron chi connectivity index (χ1n) is 4.27. The maximum Gasteiger partial charge on any atom is 0.294 e. The number of carbonyl (C=O) groups is 1. The molecule has 1 rings (SSSR count). The molecular formula is C9H11ClFNO4S. The van der Waals surface area contributed by atoms with Crippen LogP contribution in [0.1, 0.15) is 12.5 Å². The fraction of sp³-hybridized carbons (Fsp3) is 0.222. The van der Waals surface area contributed by atoms with E-state index < -0.39 is 26.7 Å². The Balaban J connectivity index is 0.00000256. The summed E-state index contributed by atoms with van der Waals surface area (Å²) in [4.78, 5) is 10.3. The Hall–Kier alpha value is -1.18. The number of carbonyl (C=O) groups excluding carboxylic acids is 1. The number of nitrogens with one attached hydrogen (secondary N) is 1. The monoisotopic (exact) mass is 283 g/mol. The number of benzene rings is 1. The van der Waals surface area contributed by atoms with Crippen molar-refractivity contribution in [2.75, 3.05) is 5.32 Å². The standard InChI is InChI=1S/C9H10FNO4S.ClH/c1-5-3-7(10)8(11-6(2)12)4-9(5)16(13,14)15;/h3-4H,1-2H3,(H,11,12)(H,13,14,15);1H. The first-order valence-corrected chi connectivity index (χ1v) is 5.71. The van der Waals surface area contributed by atoms with E-state index in [4.69, 9.17) is 4.55 Å². The van der Waals surface area contributed by atoms with Crippen LogP contribution < -0.4 is 5.32 Å². The summed E-state index contributed by atoms with van der Waals surface area (Å²) in [6.07, 6.45) is 0. The molecule has 1 aromatic rings. The molecule has 0 unspecified atom stereocenters. The Morgan fingerprint density at radius 2 is 1.94 bits per heavy atom. The predicted molar refractivity (Wildman–Crippen MR) is 62.5 cm³/mol. The summed E-state index contributed by atoms with van der Waals surface area (Å²) in [5, 5.41) is 2.12. The maximum atomic E-state index is 13.3. The van der Waals surface area contributed by atoms with Crippen molar-refractivity contribution in [2.45, 2.75) is 18.7 Å². The maximum absolute atomic E-state index is 13.3. The van der Waals surface area contributed by atoms with Crippen LogP contribution in [-0.2, 0) is 14.9 Å². The average molecular weight is 284 g/mol. The highest BCUT2D eigenvalue weighted by Crippen LogP contribution is 2.23. The van der Waals surface area contributed by atoms with Gasteiger partial charge < -0.3 is 5.32 Å². The third kappa shape index (κ3) is 3.95. The molecule has 0 heterocycles. The van der Waals surface area contributed by atoms with Crippen molar-refractivity contribution in [3.63, 3.8) is 0 Å². The molecule has 0 saturated heterocycles. The van der Waals surface area contributed by atoms with Crippen LogP contribution in [0, 0.1) is 12.7 Å². The lowest BCUT2D eigenvalue weighted by molar-refractivity contribution is -0.114. The Morgan fingerprint density at radius 1 is 1.41 bits per heavy atom. The minimum absolute atomic E-state index is 0. The highest BCUT2D eigenvalue weighted by molar-refractivity contribution is 7.85. The Labute approximate surface area is 104 Å². The zero-order chi connectivity index (χ0) is 12.5. The van der Waals surface area contributed by atoms with E-state index in [1.54, 1.807) is 0 Å². The van der Waals surface area contributed by atoms with Crippen LogP contribution in [-0.4, -0.2) is 18.9 Å². The molecule has 0 aromatic heterocycles. The van der Waals surface area contributed by atoms with Crippen LogP contribution in [0.2, 0.25) is 0 Å². The lowest BCUT2D eigenvalue weighted by Crippen LogP contribution is -2.10. The molecule has 8 heteroatoms. The molecule has 0 spiro atoms. The minimum Gasteiger partial charge on any atom is -0.324 e.